The Morgan fingerprint density at radius 2 is 1.88 bits per heavy atom. The summed E-state index contributed by atoms with van der Waals surface area (Å²) in [5.41, 5.74) is 0.834. The summed E-state index contributed by atoms with van der Waals surface area (Å²) < 4.78 is 45.1. The maximum atomic E-state index is 13.5. The van der Waals surface area contributed by atoms with Gasteiger partial charge in [0.25, 0.3) is 0 Å². The summed E-state index contributed by atoms with van der Waals surface area (Å²) in [5, 5.41) is 2.89. The van der Waals surface area contributed by atoms with E-state index in [1.807, 2.05) is 0 Å². The van der Waals surface area contributed by atoms with Crippen LogP contribution in [0, 0.1) is 5.82 Å². The van der Waals surface area contributed by atoms with Crippen LogP contribution in [0.4, 0.5) is 10.2 Å². The van der Waals surface area contributed by atoms with Gasteiger partial charge >= 0.3 is 0 Å². The molecule has 2 aromatic rings. The smallest absolute Gasteiger partial charge is 0.243 e. The minimum Gasteiger partial charge on any atom is -0.379 e. The van der Waals surface area contributed by atoms with E-state index in [-0.39, 0.29) is 10.7 Å². The highest BCUT2D eigenvalue weighted by atomic mass is 32.2. The molecule has 8 heteroatoms. The number of halogens is 1. The molecule has 3 rings (SSSR count). The fourth-order valence-electron chi connectivity index (χ4n) is 2.42. The van der Waals surface area contributed by atoms with Crippen molar-refractivity contribution in [1.29, 1.82) is 0 Å². The molecule has 1 saturated heterocycles. The summed E-state index contributed by atoms with van der Waals surface area (Å²) in [6.07, 6.45) is 1.50. The highest BCUT2D eigenvalue weighted by Crippen LogP contribution is 2.18. The maximum Gasteiger partial charge on any atom is 0.243 e. The molecule has 0 saturated carbocycles. The molecule has 0 spiro atoms. The van der Waals surface area contributed by atoms with Gasteiger partial charge < -0.3 is 10.1 Å². The first-order chi connectivity index (χ1) is 11.6. The second-order valence-electron chi connectivity index (χ2n) is 5.35. The number of anilines is 1. The van der Waals surface area contributed by atoms with Crippen LogP contribution in [0.3, 0.4) is 0 Å². The Kier molecular flexibility index (Phi) is 5.08. The van der Waals surface area contributed by atoms with Crippen molar-refractivity contribution in [2.24, 2.45) is 0 Å². The number of aromatic nitrogens is 1. The van der Waals surface area contributed by atoms with E-state index in [2.05, 4.69) is 10.3 Å². The molecule has 0 aliphatic carbocycles. The topological polar surface area (TPSA) is 71.5 Å². The van der Waals surface area contributed by atoms with Gasteiger partial charge in [-0.25, -0.2) is 17.8 Å². The average molecular weight is 351 g/mol. The Morgan fingerprint density at radius 1 is 1.17 bits per heavy atom. The van der Waals surface area contributed by atoms with E-state index in [1.165, 1.54) is 22.6 Å². The van der Waals surface area contributed by atoms with Crippen LogP contribution in [0.1, 0.15) is 5.56 Å². The lowest BCUT2D eigenvalue weighted by molar-refractivity contribution is 0.0730. The van der Waals surface area contributed by atoms with Crippen molar-refractivity contribution in [3.8, 4) is 0 Å². The number of pyridine rings is 1. The Morgan fingerprint density at radius 3 is 2.54 bits per heavy atom. The van der Waals surface area contributed by atoms with Crippen LogP contribution in [0.25, 0.3) is 0 Å². The number of rotatable bonds is 5. The summed E-state index contributed by atoms with van der Waals surface area (Å²) in [6.45, 7) is 1.91. The Labute approximate surface area is 140 Å². The molecular weight excluding hydrogens is 333 g/mol. The molecule has 1 aromatic carbocycles. The van der Waals surface area contributed by atoms with Crippen molar-refractivity contribution in [2.45, 2.75) is 11.4 Å². The molecule has 0 radical (unpaired) electrons. The van der Waals surface area contributed by atoms with E-state index in [1.54, 1.807) is 24.3 Å². The van der Waals surface area contributed by atoms with E-state index >= 15 is 0 Å². The molecule has 0 amide bonds. The maximum absolute atomic E-state index is 13.5. The fourth-order valence-corrected chi connectivity index (χ4v) is 3.82. The summed E-state index contributed by atoms with van der Waals surface area (Å²) >= 11 is 0. The van der Waals surface area contributed by atoms with Crippen molar-refractivity contribution < 1.29 is 17.5 Å². The zero-order valence-corrected chi connectivity index (χ0v) is 13.8. The highest BCUT2D eigenvalue weighted by Gasteiger charge is 2.25. The zero-order valence-electron chi connectivity index (χ0n) is 13.0. The number of hydrogen-bond donors (Lipinski definition) is 1. The predicted molar refractivity (Wildman–Crippen MR) is 87.5 cm³/mol. The molecule has 0 atom stereocenters. The van der Waals surface area contributed by atoms with Crippen LogP contribution in [-0.4, -0.2) is 44.0 Å². The zero-order chi connectivity index (χ0) is 17.0. The Balaban J connectivity index is 1.68. The largest absolute Gasteiger partial charge is 0.379 e. The lowest BCUT2D eigenvalue weighted by Gasteiger charge is -2.26. The molecule has 6 nitrogen and oxygen atoms in total. The van der Waals surface area contributed by atoms with Crippen molar-refractivity contribution in [1.82, 2.24) is 9.29 Å². The second kappa shape index (κ2) is 7.25. The number of nitrogens with zero attached hydrogens (tertiary/aromatic N) is 2. The molecule has 1 aliphatic heterocycles. The van der Waals surface area contributed by atoms with E-state index < -0.39 is 15.8 Å². The van der Waals surface area contributed by atoms with Crippen molar-refractivity contribution in [3.63, 3.8) is 0 Å². The van der Waals surface area contributed by atoms with Crippen LogP contribution in [0.2, 0.25) is 0 Å². The van der Waals surface area contributed by atoms with Crippen LogP contribution in [0.5, 0.6) is 0 Å². The number of ether oxygens (including phenoxy) is 1. The van der Waals surface area contributed by atoms with Crippen molar-refractivity contribution >= 4 is 15.8 Å². The van der Waals surface area contributed by atoms with Gasteiger partial charge in [0.15, 0.2) is 11.6 Å². The van der Waals surface area contributed by atoms with E-state index in [0.717, 1.165) is 5.56 Å². The van der Waals surface area contributed by atoms with Gasteiger partial charge in [0.2, 0.25) is 10.0 Å². The number of benzene rings is 1. The van der Waals surface area contributed by atoms with Crippen molar-refractivity contribution in [3.05, 3.63) is 54.0 Å². The normalized spacial score (nSPS) is 16.0. The third-order valence-corrected chi connectivity index (χ3v) is 5.66. The molecule has 0 unspecified atom stereocenters. The average Bonchev–Trinajstić information content (AvgIpc) is 2.62. The molecule has 1 aromatic heterocycles. The van der Waals surface area contributed by atoms with Crippen molar-refractivity contribution in [2.75, 3.05) is 31.6 Å². The van der Waals surface area contributed by atoms with Gasteiger partial charge in [0.1, 0.15) is 0 Å². The molecule has 24 heavy (non-hydrogen) atoms. The molecule has 1 N–H and O–H groups in total. The van der Waals surface area contributed by atoms with Crippen LogP contribution in [0.15, 0.2) is 47.5 Å². The van der Waals surface area contributed by atoms with E-state index in [4.69, 9.17) is 4.74 Å². The number of morpholine rings is 1. The Hall–Kier alpha value is -2.03. The molecular formula is C16H18FN3O3S. The first-order valence-corrected chi connectivity index (χ1v) is 9.02. The van der Waals surface area contributed by atoms with Gasteiger partial charge in [0, 0.05) is 25.8 Å². The highest BCUT2D eigenvalue weighted by molar-refractivity contribution is 7.89. The third-order valence-electron chi connectivity index (χ3n) is 3.75. The van der Waals surface area contributed by atoms with E-state index in [0.29, 0.717) is 32.8 Å². The standard InChI is InChI=1S/C16H18FN3O3S/c17-15-2-1-7-18-16(15)19-12-13-3-5-14(6-4-13)24(21,22)20-8-10-23-11-9-20/h1-7H,8-12H2,(H,18,19). The number of nitrogens with one attached hydrogen (secondary N) is 1. The van der Waals surface area contributed by atoms with Gasteiger partial charge in [-0.2, -0.15) is 4.31 Å². The molecule has 1 fully saturated rings. The van der Waals surface area contributed by atoms with Crippen LogP contribution in [-0.2, 0) is 21.3 Å². The predicted octanol–water partition coefficient (Wildman–Crippen LogP) is 1.85. The van der Waals surface area contributed by atoms with Gasteiger partial charge in [-0.1, -0.05) is 12.1 Å². The fraction of sp³-hybridized carbons (Fsp3) is 0.312. The van der Waals surface area contributed by atoms with Gasteiger partial charge in [-0.15, -0.1) is 0 Å². The summed E-state index contributed by atoms with van der Waals surface area (Å²) in [5.74, 6) is -0.258. The summed E-state index contributed by atoms with van der Waals surface area (Å²) in [7, 11) is -3.49. The molecule has 1 aliphatic rings. The minimum atomic E-state index is -3.49. The first-order valence-electron chi connectivity index (χ1n) is 7.58. The third kappa shape index (κ3) is 3.72. The second-order valence-corrected chi connectivity index (χ2v) is 7.29. The quantitative estimate of drug-likeness (QED) is 0.890. The van der Waals surface area contributed by atoms with Gasteiger partial charge in [0.05, 0.1) is 18.1 Å². The minimum absolute atomic E-state index is 0.169. The van der Waals surface area contributed by atoms with Gasteiger partial charge in [-0.3, -0.25) is 0 Å². The van der Waals surface area contributed by atoms with Gasteiger partial charge in [-0.05, 0) is 29.8 Å². The first kappa shape index (κ1) is 16.8. The number of hydrogen-bond acceptors (Lipinski definition) is 5. The Bertz CT molecular complexity index is 790. The SMILES string of the molecule is O=S(=O)(c1ccc(CNc2ncccc2F)cc1)N1CCOCC1. The van der Waals surface area contributed by atoms with Crippen LogP contribution < -0.4 is 5.32 Å². The van der Waals surface area contributed by atoms with Crippen LogP contribution >= 0.6 is 0 Å². The number of sulfonamides is 1. The monoisotopic (exact) mass is 351 g/mol. The molecule has 2 heterocycles. The summed E-state index contributed by atoms with van der Waals surface area (Å²) in [4.78, 5) is 4.16. The molecule has 128 valence electrons. The summed E-state index contributed by atoms with van der Waals surface area (Å²) in [6, 6.07) is 9.40. The molecule has 0 bridgehead atoms. The van der Waals surface area contributed by atoms with E-state index in [9.17, 15) is 12.8 Å². The lowest BCUT2D eigenvalue weighted by Crippen LogP contribution is -2.40. The lowest BCUT2D eigenvalue weighted by atomic mass is 10.2.